The molecule has 2 heterocycles. The summed E-state index contributed by atoms with van der Waals surface area (Å²) in [6, 6.07) is 12.8. The van der Waals surface area contributed by atoms with Crippen molar-refractivity contribution in [3.63, 3.8) is 0 Å². The molecule has 1 saturated heterocycles. The van der Waals surface area contributed by atoms with Crippen LogP contribution in [0.1, 0.15) is 24.9 Å². The quantitative estimate of drug-likeness (QED) is 0.929. The molecule has 1 fully saturated rings. The van der Waals surface area contributed by atoms with E-state index >= 15 is 0 Å². The zero-order valence-corrected chi connectivity index (χ0v) is 14.4. The van der Waals surface area contributed by atoms with Crippen LogP contribution in [0.5, 0.6) is 17.2 Å². The smallest absolute Gasteiger partial charge is 0.325 e. The minimum absolute atomic E-state index is 0.106. The topological polar surface area (TPSA) is 60.0 Å². The Morgan fingerprint density at radius 2 is 1.80 bits per heavy atom. The molecule has 0 radical (unpaired) electrons. The molecule has 0 aromatic heterocycles. The number of nitrogens with zero attached hydrogens (tertiary/aromatic N) is 1. The lowest BCUT2D eigenvalue weighted by atomic mass is 9.90. The third-order valence-electron chi connectivity index (χ3n) is 4.81. The van der Waals surface area contributed by atoms with E-state index in [9.17, 15) is 4.79 Å². The van der Waals surface area contributed by atoms with Crippen LogP contribution in [0.2, 0.25) is 0 Å². The Bertz CT molecular complexity index is 821. The average molecular weight is 340 g/mol. The lowest BCUT2D eigenvalue weighted by molar-refractivity contribution is 0.0377. The second kappa shape index (κ2) is 5.58. The predicted molar refractivity (Wildman–Crippen MR) is 93.4 cm³/mol. The molecule has 2 unspecified atom stereocenters. The number of ether oxygens (including phenoxy) is 3. The van der Waals surface area contributed by atoms with Gasteiger partial charge >= 0.3 is 6.03 Å². The van der Waals surface area contributed by atoms with Crippen molar-refractivity contribution in [2.75, 3.05) is 19.1 Å². The van der Waals surface area contributed by atoms with Crippen LogP contribution in [0.3, 0.4) is 0 Å². The summed E-state index contributed by atoms with van der Waals surface area (Å²) < 4.78 is 16.7. The summed E-state index contributed by atoms with van der Waals surface area (Å²) in [7, 11) is 3.24. The first-order valence-corrected chi connectivity index (χ1v) is 8.16. The Morgan fingerprint density at radius 1 is 1.12 bits per heavy atom. The molecule has 0 aliphatic carbocycles. The van der Waals surface area contributed by atoms with Crippen LogP contribution in [0.15, 0.2) is 42.5 Å². The summed E-state index contributed by atoms with van der Waals surface area (Å²) in [5.74, 6) is 2.25. The van der Waals surface area contributed by atoms with Gasteiger partial charge in [0.05, 0.1) is 20.3 Å². The maximum Gasteiger partial charge on any atom is 0.325 e. The highest BCUT2D eigenvalue weighted by Gasteiger charge is 2.49. The minimum Gasteiger partial charge on any atom is -0.497 e. The molecular formula is C19H20N2O4. The normalized spacial score (nSPS) is 24.0. The third kappa shape index (κ3) is 2.45. The number of methoxy groups -OCH3 is 2. The molecule has 6 heteroatoms. The van der Waals surface area contributed by atoms with Gasteiger partial charge in [0.1, 0.15) is 17.2 Å². The van der Waals surface area contributed by atoms with Crippen molar-refractivity contribution in [1.82, 2.24) is 5.32 Å². The summed E-state index contributed by atoms with van der Waals surface area (Å²) >= 11 is 0. The third-order valence-corrected chi connectivity index (χ3v) is 4.81. The standard InChI is InChI=1S/C19H20N2O4/c1-19-11-16(15-10-14(24-3)8-9-17(15)25-19)20-18(22)21(19)12-4-6-13(23-2)7-5-12/h4-10,16H,11H2,1-3H3,(H,20,22). The summed E-state index contributed by atoms with van der Waals surface area (Å²) in [5, 5.41) is 3.08. The first kappa shape index (κ1) is 15.6. The van der Waals surface area contributed by atoms with E-state index in [1.54, 1.807) is 19.1 Å². The van der Waals surface area contributed by atoms with E-state index < -0.39 is 5.72 Å². The van der Waals surface area contributed by atoms with Crippen molar-refractivity contribution < 1.29 is 19.0 Å². The van der Waals surface area contributed by atoms with E-state index in [0.717, 1.165) is 28.5 Å². The molecule has 2 aliphatic rings. The van der Waals surface area contributed by atoms with Gasteiger partial charge in [-0.2, -0.15) is 0 Å². The second-order valence-electron chi connectivity index (χ2n) is 6.42. The number of rotatable bonds is 3. The number of carbonyl (C=O) groups is 1. The summed E-state index contributed by atoms with van der Waals surface area (Å²) in [5.41, 5.74) is 0.944. The van der Waals surface area contributed by atoms with Crippen LogP contribution in [-0.2, 0) is 0 Å². The lowest BCUT2D eigenvalue weighted by Gasteiger charge is -2.50. The van der Waals surface area contributed by atoms with Gasteiger partial charge in [-0.1, -0.05) is 0 Å². The summed E-state index contributed by atoms with van der Waals surface area (Å²) in [6.45, 7) is 1.94. The molecule has 2 atom stereocenters. The second-order valence-corrected chi connectivity index (χ2v) is 6.42. The molecule has 0 spiro atoms. The predicted octanol–water partition coefficient (Wildman–Crippen LogP) is 3.47. The van der Waals surface area contributed by atoms with E-state index in [1.807, 2.05) is 49.4 Å². The number of hydrogen-bond donors (Lipinski definition) is 1. The van der Waals surface area contributed by atoms with Crippen LogP contribution in [0.4, 0.5) is 10.5 Å². The van der Waals surface area contributed by atoms with Gasteiger partial charge in [-0.25, -0.2) is 4.79 Å². The number of anilines is 1. The Kier molecular flexibility index (Phi) is 3.49. The lowest BCUT2D eigenvalue weighted by Crippen LogP contribution is -2.65. The van der Waals surface area contributed by atoms with Crippen LogP contribution in [0, 0.1) is 0 Å². The highest BCUT2D eigenvalue weighted by atomic mass is 16.5. The van der Waals surface area contributed by atoms with Gasteiger partial charge in [0.2, 0.25) is 0 Å². The molecule has 6 nitrogen and oxygen atoms in total. The van der Waals surface area contributed by atoms with Crippen molar-refractivity contribution in [3.8, 4) is 17.2 Å². The Labute approximate surface area is 146 Å². The molecule has 2 aliphatic heterocycles. The van der Waals surface area contributed by atoms with Gasteiger partial charge < -0.3 is 19.5 Å². The fourth-order valence-corrected chi connectivity index (χ4v) is 3.60. The molecule has 2 amide bonds. The van der Waals surface area contributed by atoms with Gasteiger partial charge in [-0.05, 0) is 49.4 Å². The molecule has 1 N–H and O–H groups in total. The largest absolute Gasteiger partial charge is 0.497 e. The number of fused-ring (bicyclic) bond motifs is 4. The molecule has 0 saturated carbocycles. The Hall–Kier alpha value is -2.89. The summed E-state index contributed by atoms with van der Waals surface area (Å²) in [4.78, 5) is 14.5. The van der Waals surface area contributed by atoms with E-state index in [0.29, 0.717) is 6.42 Å². The number of amides is 2. The Balaban J connectivity index is 1.74. The van der Waals surface area contributed by atoms with Crippen LogP contribution >= 0.6 is 0 Å². The first-order valence-electron chi connectivity index (χ1n) is 8.16. The average Bonchev–Trinajstić information content (AvgIpc) is 2.61. The van der Waals surface area contributed by atoms with Crippen molar-refractivity contribution in [2.24, 2.45) is 0 Å². The maximum absolute atomic E-state index is 12.8. The van der Waals surface area contributed by atoms with Gasteiger partial charge in [0, 0.05) is 17.7 Å². The van der Waals surface area contributed by atoms with Crippen molar-refractivity contribution in [2.45, 2.75) is 25.1 Å². The zero-order chi connectivity index (χ0) is 17.6. The highest BCUT2D eigenvalue weighted by Crippen LogP contribution is 2.46. The SMILES string of the molecule is COc1ccc(N2C(=O)NC3CC2(C)Oc2ccc(OC)cc23)cc1. The Morgan fingerprint density at radius 3 is 2.48 bits per heavy atom. The van der Waals surface area contributed by atoms with E-state index in [-0.39, 0.29) is 12.1 Å². The van der Waals surface area contributed by atoms with Gasteiger partial charge in [0.25, 0.3) is 0 Å². The van der Waals surface area contributed by atoms with E-state index in [2.05, 4.69) is 5.32 Å². The van der Waals surface area contributed by atoms with Gasteiger partial charge in [-0.15, -0.1) is 0 Å². The number of urea groups is 1. The summed E-state index contributed by atoms with van der Waals surface area (Å²) in [6.07, 6.45) is 0.644. The van der Waals surface area contributed by atoms with Crippen LogP contribution in [0.25, 0.3) is 0 Å². The fraction of sp³-hybridized carbons (Fsp3) is 0.316. The number of carbonyl (C=O) groups excluding carboxylic acids is 1. The van der Waals surface area contributed by atoms with Crippen molar-refractivity contribution in [1.29, 1.82) is 0 Å². The zero-order valence-electron chi connectivity index (χ0n) is 14.4. The van der Waals surface area contributed by atoms with Crippen molar-refractivity contribution >= 4 is 11.7 Å². The van der Waals surface area contributed by atoms with E-state index in [1.165, 1.54) is 0 Å². The molecule has 2 aromatic rings. The first-order chi connectivity index (χ1) is 12.0. The molecule has 4 rings (SSSR count). The molecule has 130 valence electrons. The minimum atomic E-state index is -0.761. The number of nitrogens with one attached hydrogen (secondary N) is 1. The molecular weight excluding hydrogens is 320 g/mol. The van der Waals surface area contributed by atoms with Crippen molar-refractivity contribution in [3.05, 3.63) is 48.0 Å². The molecule has 25 heavy (non-hydrogen) atoms. The van der Waals surface area contributed by atoms with Crippen LogP contribution in [-0.4, -0.2) is 26.0 Å². The monoisotopic (exact) mass is 340 g/mol. The number of hydrogen-bond acceptors (Lipinski definition) is 4. The van der Waals surface area contributed by atoms with Gasteiger partial charge in [0.15, 0.2) is 5.72 Å². The molecule has 2 aromatic carbocycles. The fourth-order valence-electron chi connectivity index (χ4n) is 3.60. The maximum atomic E-state index is 12.8. The van der Waals surface area contributed by atoms with Crippen LogP contribution < -0.4 is 24.4 Å². The molecule has 2 bridgehead atoms. The highest BCUT2D eigenvalue weighted by molar-refractivity contribution is 5.95. The van der Waals surface area contributed by atoms with Gasteiger partial charge in [-0.3, -0.25) is 4.90 Å². The van der Waals surface area contributed by atoms with E-state index in [4.69, 9.17) is 14.2 Å². The number of benzene rings is 2.